The number of pyridine rings is 1. The van der Waals surface area contributed by atoms with E-state index >= 15 is 0 Å². The van der Waals surface area contributed by atoms with Gasteiger partial charge in [-0.3, -0.25) is 4.79 Å². The van der Waals surface area contributed by atoms with Crippen LogP contribution in [0.4, 0.5) is 5.69 Å². The van der Waals surface area contributed by atoms with Gasteiger partial charge < -0.3 is 15.2 Å². The fourth-order valence-electron chi connectivity index (χ4n) is 0.796. The van der Waals surface area contributed by atoms with Crippen LogP contribution in [0.15, 0.2) is 18.3 Å². The van der Waals surface area contributed by atoms with Gasteiger partial charge in [0.25, 0.3) is 0 Å². The van der Waals surface area contributed by atoms with E-state index in [1.165, 1.54) is 6.20 Å². The van der Waals surface area contributed by atoms with Crippen molar-refractivity contribution in [3.05, 3.63) is 18.3 Å². The van der Waals surface area contributed by atoms with Gasteiger partial charge in [0, 0.05) is 18.0 Å². The molecule has 70 valence electrons. The van der Waals surface area contributed by atoms with Crippen LogP contribution in [0.25, 0.3) is 0 Å². The molecule has 2 N–H and O–H groups in total. The zero-order chi connectivity index (χ0) is 9.52. The summed E-state index contributed by atoms with van der Waals surface area (Å²) in [6.45, 7) is 0.130. The van der Waals surface area contributed by atoms with E-state index < -0.39 is 0 Å². The molecule has 1 aromatic heterocycles. The number of hydrogen-bond donors (Lipinski definition) is 2. The Hall–Kier alpha value is -1.62. The van der Waals surface area contributed by atoms with Crippen molar-refractivity contribution in [3.8, 4) is 5.88 Å². The number of aliphatic hydroxyl groups is 1. The second-order valence-corrected chi connectivity index (χ2v) is 2.22. The van der Waals surface area contributed by atoms with Gasteiger partial charge in [0.15, 0.2) is 0 Å². The van der Waals surface area contributed by atoms with E-state index in [9.17, 15) is 4.79 Å². The summed E-state index contributed by atoms with van der Waals surface area (Å²) in [5, 5.41) is 10.9. The van der Waals surface area contributed by atoms with Crippen LogP contribution < -0.4 is 10.1 Å². The SMILES string of the molecule is O=CNc1ccnc(OCCO)c1. The Morgan fingerprint density at radius 3 is 3.23 bits per heavy atom. The van der Waals surface area contributed by atoms with Crippen molar-refractivity contribution in [1.82, 2.24) is 4.98 Å². The predicted octanol–water partition coefficient (Wildman–Crippen LogP) is 0.0210. The normalized spacial score (nSPS) is 9.31. The lowest BCUT2D eigenvalue weighted by atomic mass is 10.4. The summed E-state index contributed by atoms with van der Waals surface area (Å²) in [5.41, 5.74) is 0.609. The molecule has 5 heteroatoms. The molecule has 0 fully saturated rings. The van der Waals surface area contributed by atoms with E-state index in [1.807, 2.05) is 0 Å². The molecule has 0 spiro atoms. The maximum atomic E-state index is 10.1. The minimum Gasteiger partial charge on any atom is -0.475 e. The first-order valence-electron chi connectivity index (χ1n) is 3.76. The van der Waals surface area contributed by atoms with E-state index in [0.29, 0.717) is 18.0 Å². The molecule has 0 saturated heterocycles. The molecule has 1 amide bonds. The molecular weight excluding hydrogens is 172 g/mol. The first-order chi connectivity index (χ1) is 6.36. The lowest BCUT2D eigenvalue weighted by Crippen LogP contribution is -2.03. The van der Waals surface area contributed by atoms with Gasteiger partial charge in [0.05, 0.1) is 6.61 Å². The van der Waals surface area contributed by atoms with Crippen molar-refractivity contribution < 1.29 is 14.6 Å². The van der Waals surface area contributed by atoms with Crippen LogP contribution >= 0.6 is 0 Å². The second-order valence-electron chi connectivity index (χ2n) is 2.22. The van der Waals surface area contributed by atoms with Crippen LogP contribution in [0.2, 0.25) is 0 Å². The number of amides is 1. The monoisotopic (exact) mass is 182 g/mol. The molecule has 0 unspecified atom stereocenters. The molecular formula is C8H10N2O3. The van der Waals surface area contributed by atoms with Crippen LogP contribution in [-0.2, 0) is 4.79 Å². The first-order valence-corrected chi connectivity index (χ1v) is 3.76. The zero-order valence-corrected chi connectivity index (χ0v) is 6.93. The van der Waals surface area contributed by atoms with E-state index in [1.54, 1.807) is 12.1 Å². The van der Waals surface area contributed by atoms with Crippen LogP contribution in [0, 0.1) is 0 Å². The molecule has 1 heterocycles. The third-order valence-electron chi connectivity index (χ3n) is 1.30. The largest absolute Gasteiger partial charge is 0.475 e. The van der Waals surface area contributed by atoms with Crippen molar-refractivity contribution in [2.24, 2.45) is 0 Å². The summed E-state index contributed by atoms with van der Waals surface area (Å²) in [6, 6.07) is 3.21. The van der Waals surface area contributed by atoms with E-state index in [2.05, 4.69) is 10.3 Å². The van der Waals surface area contributed by atoms with E-state index in [4.69, 9.17) is 9.84 Å². The number of hydrogen-bond acceptors (Lipinski definition) is 4. The number of nitrogens with zero attached hydrogens (tertiary/aromatic N) is 1. The average molecular weight is 182 g/mol. The van der Waals surface area contributed by atoms with Gasteiger partial charge in [-0.15, -0.1) is 0 Å². The van der Waals surface area contributed by atoms with Crippen LogP contribution in [0.1, 0.15) is 0 Å². The highest BCUT2D eigenvalue weighted by Gasteiger charge is 1.96. The standard InChI is InChI=1S/C8H10N2O3/c11-3-4-13-8-5-7(10-6-12)1-2-9-8/h1-2,5-6,11H,3-4H2,(H,9,10,12). The number of aliphatic hydroxyl groups excluding tert-OH is 1. The van der Waals surface area contributed by atoms with Gasteiger partial charge in [0.1, 0.15) is 6.61 Å². The molecule has 0 aliphatic carbocycles. The lowest BCUT2D eigenvalue weighted by molar-refractivity contribution is -0.105. The molecule has 13 heavy (non-hydrogen) atoms. The number of carbonyl (C=O) groups is 1. The third-order valence-corrected chi connectivity index (χ3v) is 1.30. The number of ether oxygens (including phenoxy) is 1. The highest BCUT2D eigenvalue weighted by atomic mass is 16.5. The Labute approximate surface area is 75.4 Å². The number of rotatable bonds is 5. The summed E-state index contributed by atoms with van der Waals surface area (Å²) in [6.07, 6.45) is 2.09. The zero-order valence-electron chi connectivity index (χ0n) is 6.93. The van der Waals surface area contributed by atoms with Crippen molar-refractivity contribution in [3.63, 3.8) is 0 Å². The highest BCUT2D eigenvalue weighted by molar-refractivity contribution is 5.71. The Balaban J connectivity index is 2.61. The Morgan fingerprint density at radius 1 is 1.69 bits per heavy atom. The number of carbonyl (C=O) groups excluding carboxylic acids is 1. The smallest absolute Gasteiger partial charge is 0.215 e. The van der Waals surface area contributed by atoms with Gasteiger partial charge in [-0.1, -0.05) is 0 Å². The summed E-state index contributed by atoms with van der Waals surface area (Å²) in [5.74, 6) is 0.376. The highest BCUT2D eigenvalue weighted by Crippen LogP contribution is 2.12. The molecule has 0 aliphatic heterocycles. The third kappa shape index (κ3) is 3.08. The van der Waals surface area contributed by atoms with Crippen molar-refractivity contribution in [2.75, 3.05) is 18.5 Å². The topological polar surface area (TPSA) is 71.5 Å². The van der Waals surface area contributed by atoms with Gasteiger partial charge in [-0.2, -0.15) is 0 Å². The van der Waals surface area contributed by atoms with Gasteiger partial charge in [-0.25, -0.2) is 4.98 Å². The van der Waals surface area contributed by atoms with Crippen LogP contribution in [-0.4, -0.2) is 29.7 Å². The lowest BCUT2D eigenvalue weighted by Gasteiger charge is -2.03. The maximum Gasteiger partial charge on any atom is 0.215 e. The molecule has 1 rings (SSSR count). The molecule has 0 bridgehead atoms. The number of nitrogens with one attached hydrogen (secondary N) is 1. The minimum atomic E-state index is -0.0625. The molecule has 0 aromatic carbocycles. The Bertz CT molecular complexity index is 278. The Kier molecular flexibility index (Phi) is 3.72. The maximum absolute atomic E-state index is 10.1. The van der Waals surface area contributed by atoms with Crippen molar-refractivity contribution >= 4 is 12.1 Å². The second kappa shape index (κ2) is 5.10. The van der Waals surface area contributed by atoms with Crippen molar-refractivity contribution in [2.45, 2.75) is 0 Å². The quantitative estimate of drug-likeness (QED) is 0.630. The van der Waals surface area contributed by atoms with Gasteiger partial charge in [-0.05, 0) is 6.07 Å². The summed E-state index contributed by atoms with van der Waals surface area (Å²) < 4.78 is 5.03. The molecule has 5 nitrogen and oxygen atoms in total. The molecule has 0 aliphatic rings. The molecule has 0 saturated carbocycles. The Morgan fingerprint density at radius 2 is 2.54 bits per heavy atom. The summed E-state index contributed by atoms with van der Waals surface area (Å²) >= 11 is 0. The van der Waals surface area contributed by atoms with Crippen LogP contribution in [0.5, 0.6) is 5.88 Å². The number of anilines is 1. The average Bonchev–Trinajstić information content (AvgIpc) is 2.16. The van der Waals surface area contributed by atoms with E-state index in [-0.39, 0.29) is 13.2 Å². The molecule has 0 atom stereocenters. The van der Waals surface area contributed by atoms with Crippen molar-refractivity contribution in [1.29, 1.82) is 0 Å². The predicted molar refractivity (Wildman–Crippen MR) is 46.5 cm³/mol. The summed E-state index contributed by atoms with van der Waals surface area (Å²) in [4.78, 5) is 14.0. The van der Waals surface area contributed by atoms with E-state index in [0.717, 1.165) is 0 Å². The molecule has 1 aromatic rings. The summed E-state index contributed by atoms with van der Waals surface area (Å²) in [7, 11) is 0. The minimum absolute atomic E-state index is 0.0625. The fraction of sp³-hybridized carbons (Fsp3) is 0.250. The first kappa shape index (κ1) is 9.47. The van der Waals surface area contributed by atoms with Crippen LogP contribution in [0.3, 0.4) is 0 Å². The van der Waals surface area contributed by atoms with Gasteiger partial charge in [0.2, 0.25) is 12.3 Å². The molecule has 0 radical (unpaired) electrons. The fourth-order valence-corrected chi connectivity index (χ4v) is 0.796. The number of aromatic nitrogens is 1. The van der Waals surface area contributed by atoms with Gasteiger partial charge >= 0.3 is 0 Å².